The van der Waals surface area contributed by atoms with Gasteiger partial charge in [-0.05, 0) is 46.0 Å². The van der Waals surface area contributed by atoms with Gasteiger partial charge in [0, 0.05) is 26.2 Å². The lowest BCUT2D eigenvalue weighted by Gasteiger charge is -2.38. The Morgan fingerprint density at radius 2 is 1.67 bits per heavy atom. The summed E-state index contributed by atoms with van der Waals surface area (Å²) in [5.74, 6) is 0.467. The fourth-order valence-corrected chi connectivity index (χ4v) is 3.06. The fourth-order valence-electron chi connectivity index (χ4n) is 3.06. The molecule has 0 saturated carbocycles. The van der Waals surface area contributed by atoms with Crippen LogP contribution in [0.4, 0.5) is 4.79 Å². The molecule has 2 heterocycles. The van der Waals surface area contributed by atoms with E-state index in [1.165, 1.54) is 0 Å². The van der Waals surface area contributed by atoms with E-state index in [4.69, 9.17) is 4.74 Å². The van der Waals surface area contributed by atoms with E-state index < -0.39 is 5.60 Å². The molecule has 0 aromatic rings. The second-order valence-corrected chi connectivity index (χ2v) is 7.33. The summed E-state index contributed by atoms with van der Waals surface area (Å²) in [7, 11) is 0. The standard InChI is InChI=1S/C16H28N2O3/c1-12-7-10-18(15(20)21-16(2,3)4)11-13(12)14(19)17-8-5-6-9-17/h12-13H,5-11H2,1-4H3. The lowest BCUT2D eigenvalue weighted by Crippen LogP contribution is -2.50. The van der Waals surface area contributed by atoms with Crippen LogP contribution in [0.2, 0.25) is 0 Å². The highest BCUT2D eigenvalue weighted by molar-refractivity contribution is 5.80. The summed E-state index contributed by atoms with van der Waals surface area (Å²) in [6.45, 7) is 10.6. The van der Waals surface area contributed by atoms with Crippen LogP contribution in [0.25, 0.3) is 0 Å². The summed E-state index contributed by atoms with van der Waals surface area (Å²) in [5.41, 5.74) is -0.491. The number of likely N-dealkylation sites (tertiary alicyclic amines) is 2. The molecule has 0 radical (unpaired) electrons. The van der Waals surface area contributed by atoms with Gasteiger partial charge in [0.1, 0.15) is 5.60 Å². The minimum absolute atomic E-state index is 0.0793. The number of carbonyl (C=O) groups is 2. The van der Waals surface area contributed by atoms with Gasteiger partial charge in [-0.3, -0.25) is 4.79 Å². The van der Waals surface area contributed by atoms with Crippen molar-refractivity contribution in [3.05, 3.63) is 0 Å². The quantitative estimate of drug-likeness (QED) is 0.747. The summed E-state index contributed by atoms with van der Waals surface area (Å²) in [5, 5.41) is 0. The third kappa shape index (κ3) is 4.11. The Bertz CT molecular complexity index is 397. The summed E-state index contributed by atoms with van der Waals surface area (Å²) in [4.78, 5) is 28.5. The Morgan fingerprint density at radius 1 is 1.05 bits per heavy atom. The number of nitrogens with zero attached hydrogens (tertiary/aromatic N) is 2. The van der Waals surface area contributed by atoms with Crippen molar-refractivity contribution in [3.8, 4) is 0 Å². The van der Waals surface area contributed by atoms with Crippen LogP contribution in [0.1, 0.15) is 47.0 Å². The molecule has 2 aliphatic heterocycles. The van der Waals surface area contributed by atoms with Crippen LogP contribution < -0.4 is 0 Å². The first kappa shape index (κ1) is 16.1. The monoisotopic (exact) mass is 296 g/mol. The lowest BCUT2D eigenvalue weighted by molar-refractivity contribution is -0.138. The summed E-state index contributed by atoms with van der Waals surface area (Å²) in [6.07, 6.45) is 2.77. The van der Waals surface area contributed by atoms with E-state index in [9.17, 15) is 9.59 Å². The summed E-state index contributed by atoms with van der Waals surface area (Å²) in [6, 6.07) is 0. The van der Waals surface area contributed by atoms with Crippen molar-refractivity contribution in [2.24, 2.45) is 11.8 Å². The molecule has 21 heavy (non-hydrogen) atoms. The molecule has 2 saturated heterocycles. The number of piperidine rings is 1. The Hall–Kier alpha value is -1.26. The van der Waals surface area contributed by atoms with Crippen molar-refractivity contribution in [1.29, 1.82) is 0 Å². The Labute approximate surface area is 127 Å². The molecule has 5 nitrogen and oxygen atoms in total. The van der Waals surface area contributed by atoms with Crippen molar-refractivity contribution in [3.63, 3.8) is 0 Å². The molecule has 0 aliphatic carbocycles. The van der Waals surface area contributed by atoms with Gasteiger partial charge in [0.2, 0.25) is 5.91 Å². The van der Waals surface area contributed by atoms with E-state index in [0.29, 0.717) is 19.0 Å². The molecule has 2 unspecified atom stereocenters. The van der Waals surface area contributed by atoms with Crippen molar-refractivity contribution in [2.75, 3.05) is 26.2 Å². The van der Waals surface area contributed by atoms with Crippen LogP contribution in [0, 0.1) is 11.8 Å². The number of amides is 2. The van der Waals surface area contributed by atoms with Crippen molar-refractivity contribution in [1.82, 2.24) is 9.80 Å². The summed E-state index contributed by atoms with van der Waals surface area (Å²) >= 11 is 0. The lowest BCUT2D eigenvalue weighted by atomic mass is 9.86. The average molecular weight is 296 g/mol. The van der Waals surface area contributed by atoms with Gasteiger partial charge in [0.05, 0.1) is 5.92 Å². The van der Waals surface area contributed by atoms with Crippen LogP contribution in [-0.2, 0) is 9.53 Å². The predicted octanol–water partition coefficient (Wildman–Crippen LogP) is 2.50. The maximum atomic E-state index is 12.6. The van der Waals surface area contributed by atoms with E-state index in [0.717, 1.165) is 32.4 Å². The average Bonchev–Trinajstić information content (AvgIpc) is 2.90. The zero-order valence-electron chi connectivity index (χ0n) is 13.7. The highest BCUT2D eigenvalue weighted by Crippen LogP contribution is 2.27. The molecular weight excluding hydrogens is 268 g/mol. The smallest absolute Gasteiger partial charge is 0.410 e. The molecule has 2 amide bonds. The van der Waals surface area contributed by atoms with E-state index >= 15 is 0 Å². The maximum Gasteiger partial charge on any atom is 0.410 e. The van der Waals surface area contributed by atoms with Gasteiger partial charge in [0.25, 0.3) is 0 Å². The van der Waals surface area contributed by atoms with Crippen LogP contribution in [0.5, 0.6) is 0 Å². The zero-order chi connectivity index (χ0) is 15.6. The fraction of sp³-hybridized carbons (Fsp3) is 0.875. The topological polar surface area (TPSA) is 49.9 Å². The number of carbonyl (C=O) groups excluding carboxylic acids is 2. The van der Waals surface area contributed by atoms with Gasteiger partial charge < -0.3 is 14.5 Å². The van der Waals surface area contributed by atoms with Crippen LogP contribution in [0.3, 0.4) is 0 Å². The first-order valence-electron chi connectivity index (χ1n) is 8.04. The molecule has 0 bridgehead atoms. The Morgan fingerprint density at radius 3 is 2.24 bits per heavy atom. The van der Waals surface area contributed by atoms with E-state index in [1.54, 1.807) is 4.90 Å². The van der Waals surface area contributed by atoms with Crippen molar-refractivity contribution >= 4 is 12.0 Å². The van der Waals surface area contributed by atoms with Crippen LogP contribution >= 0.6 is 0 Å². The molecular formula is C16H28N2O3. The highest BCUT2D eigenvalue weighted by Gasteiger charge is 2.37. The molecule has 0 aromatic heterocycles. The molecule has 0 aromatic carbocycles. The maximum absolute atomic E-state index is 12.6. The number of rotatable bonds is 1. The van der Waals surface area contributed by atoms with Gasteiger partial charge in [0.15, 0.2) is 0 Å². The third-order valence-corrected chi connectivity index (χ3v) is 4.34. The van der Waals surface area contributed by atoms with Gasteiger partial charge in [-0.1, -0.05) is 6.92 Å². The molecule has 2 atom stereocenters. The van der Waals surface area contributed by atoms with Crippen molar-refractivity contribution in [2.45, 2.75) is 52.6 Å². The van der Waals surface area contributed by atoms with E-state index in [1.807, 2.05) is 25.7 Å². The molecule has 2 rings (SSSR count). The molecule has 2 aliphatic rings. The first-order valence-corrected chi connectivity index (χ1v) is 8.04. The normalized spacial score (nSPS) is 26.9. The zero-order valence-corrected chi connectivity index (χ0v) is 13.7. The van der Waals surface area contributed by atoms with Crippen molar-refractivity contribution < 1.29 is 14.3 Å². The second kappa shape index (κ2) is 6.24. The predicted molar refractivity (Wildman–Crippen MR) is 80.9 cm³/mol. The number of hydrogen-bond donors (Lipinski definition) is 0. The second-order valence-electron chi connectivity index (χ2n) is 7.33. The molecule has 2 fully saturated rings. The Kier molecular flexibility index (Phi) is 4.79. The van der Waals surface area contributed by atoms with Gasteiger partial charge in [-0.2, -0.15) is 0 Å². The third-order valence-electron chi connectivity index (χ3n) is 4.34. The number of ether oxygens (including phenoxy) is 1. The van der Waals surface area contributed by atoms with Gasteiger partial charge in [-0.15, -0.1) is 0 Å². The Balaban J connectivity index is 1.98. The van der Waals surface area contributed by atoms with Crippen LogP contribution in [0.15, 0.2) is 0 Å². The van der Waals surface area contributed by atoms with Gasteiger partial charge >= 0.3 is 6.09 Å². The number of hydrogen-bond acceptors (Lipinski definition) is 3. The van der Waals surface area contributed by atoms with E-state index in [-0.39, 0.29) is 17.9 Å². The van der Waals surface area contributed by atoms with Gasteiger partial charge in [-0.25, -0.2) is 4.79 Å². The minimum Gasteiger partial charge on any atom is -0.444 e. The summed E-state index contributed by atoms with van der Waals surface area (Å²) < 4.78 is 5.43. The molecule has 120 valence electrons. The molecule has 5 heteroatoms. The largest absolute Gasteiger partial charge is 0.444 e. The molecule has 0 spiro atoms. The first-order chi connectivity index (χ1) is 9.78. The molecule has 0 N–H and O–H groups in total. The minimum atomic E-state index is -0.491. The van der Waals surface area contributed by atoms with E-state index in [2.05, 4.69) is 6.92 Å². The SMILES string of the molecule is CC1CCN(C(=O)OC(C)(C)C)CC1C(=O)N1CCCC1. The van der Waals surface area contributed by atoms with Crippen LogP contribution in [-0.4, -0.2) is 53.6 Å². The highest BCUT2D eigenvalue weighted by atomic mass is 16.6.